The second kappa shape index (κ2) is 6.29. The molecule has 26 heavy (non-hydrogen) atoms. The third-order valence-electron chi connectivity index (χ3n) is 4.48. The highest BCUT2D eigenvalue weighted by Gasteiger charge is 2.25. The van der Waals surface area contributed by atoms with E-state index in [1.165, 1.54) is 0 Å². The van der Waals surface area contributed by atoms with Crippen molar-refractivity contribution in [2.24, 2.45) is 0 Å². The summed E-state index contributed by atoms with van der Waals surface area (Å²) < 4.78 is 40.5. The highest BCUT2D eigenvalue weighted by atomic mass is 35.5. The van der Waals surface area contributed by atoms with Gasteiger partial charge in [0.05, 0.1) is 16.8 Å². The van der Waals surface area contributed by atoms with E-state index in [2.05, 4.69) is 10.3 Å². The van der Waals surface area contributed by atoms with Crippen LogP contribution in [-0.4, -0.2) is 10.9 Å². The molecule has 3 nitrogen and oxygen atoms in total. The Bertz CT molecular complexity index is 1070. The lowest BCUT2D eigenvalue weighted by Crippen LogP contribution is -2.17. The third-order valence-corrected chi connectivity index (χ3v) is 4.72. The summed E-state index contributed by atoms with van der Waals surface area (Å²) in [4.78, 5) is 17.5. The van der Waals surface area contributed by atoms with Gasteiger partial charge in [-0.15, -0.1) is 0 Å². The first-order valence-electron chi connectivity index (χ1n) is 8.01. The van der Waals surface area contributed by atoms with Gasteiger partial charge in [-0.25, -0.2) is 13.2 Å². The molecule has 4 rings (SSSR count). The molecular weight excluding hydrogens is 365 g/mol. The van der Waals surface area contributed by atoms with Crippen molar-refractivity contribution in [1.29, 1.82) is 0 Å². The van der Waals surface area contributed by atoms with Crippen molar-refractivity contribution in [1.82, 2.24) is 4.98 Å². The van der Waals surface area contributed by atoms with Crippen LogP contribution in [0.15, 0.2) is 30.3 Å². The normalized spacial score (nSPS) is 13.1. The maximum absolute atomic E-state index is 13.9. The molecule has 0 unspecified atom stereocenters. The van der Waals surface area contributed by atoms with Crippen LogP contribution >= 0.6 is 11.6 Å². The lowest BCUT2D eigenvalue weighted by atomic mass is 10.0. The summed E-state index contributed by atoms with van der Waals surface area (Å²) >= 11 is 6.06. The molecule has 0 atom stereocenters. The zero-order valence-corrected chi connectivity index (χ0v) is 14.1. The second-order valence-electron chi connectivity index (χ2n) is 6.10. The fourth-order valence-electron chi connectivity index (χ4n) is 3.30. The first-order valence-corrected chi connectivity index (χ1v) is 8.39. The van der Waals surface area contributed by atoms with Crippen molar-refractivity contribution in [3.63, 3.8) is 0 Å². The Hall–Kier alpha value is -2.60. The van der Waals surface area contributed by atoms with Crippen LogP contribution in [0.25, 0.3) is 10.9 Å². The zero-order valence-electron chi connectivity index (χ0n) is 13.4. The van der Waals surface area contributed by atoms with Crippen molar-refractivity contribution >= 4 is 34.1 Å². The Labute approximate surface area is 151 Å². The minimum Gasteiger partial charge on any atom is -0.319 e. The number of carbonyl (C=O) groups excluding carboxylic acids is 1. The van der Waals surface area contributed by atoms with Crippen molar-refractivity contribution in [2.45, 2.75) is 19.3 Å². The quantitative estimate of drug-likeness (QED) is 0.636. The fourth-order valence-corrected chi connectivity index (χ4v) is 3.47. The summed E-state index contributed by atoms with van der Waals surface area (Å²) in [6, 6.07) is 6.77. The van der Waals surface area contributed by atoms with E-state index in [0.29, 0.717) is 27.9 Å². The number of carbonyl (C=O) groups is 1. The van der Waals surface area contributed by atoms with Gasteiger partial charge in [0.1, 0.15) is 0 Å². The number of nitrogens with zero attached hydrogens (tertiary/aromatic N) is 1. The van der Waals surface area contributed by atoms with E-state index in [0.717, 1.165) is 36.2 Å². The van der Waals surface area contributed by atoms with Gasteiger partial charge in [0, 0.05) is 16.1 Å². The van der Waals surface area contributed by atoms with E-state index < -0.39 is 29.0 Å². The van der Waals surface area contributed by atoms with E-state index >= 15 is 0 Å². The van der Waals surface area contributed by atoms with Crippen molar-refractivity contribution in [3.05, 3.63) is 69.6 Å². The number of fused-ring (bicyclic) bond motifs is 2. The average Bonchev–Trinajstić information content (AvgIpc) is 3.08. The lowest BCUT2D eigenvalue weighted by molar-refractivity contribution is 0.102. The van der Waals surface area contributed by atoms with Gasteiger partial charge in [-0.05, 0) is 55.2 Å². The van der Waals surface area contributed by atoms with Gasteiger partial charge < -0.3 is 5.32 Å². The predicted molar refractivity (Wildman–Crippen MR) is 93.0 cm³/mol. The Morgan fingerprint density at radius 3 is 2.69 bits per heavy atom. The van der Waals surface area contributed by atoms with Gasteiger partial charge in [0.15, 0.2) is 17.5 Å². The lowest BCUT2D eigenvalue weighted by Gasteiger charge is -2.13. The van der Waals surface area contributed by atoms with Crippen LogP contribution in [0.1, 0.15) is 28.0 Å². The van der Waals surface area contributed by atoms with E-state index in [1.807, 2.05) is 0 Å². The number of nitrogens with one attached hydrogen (secondary N) is 1. The summed E-state index contributed by atoms with van der Waals surface area (Å²) in [5, 5.41) is 3.32. The summed E-state index contributed by atoms with van der Waals surface area (Å²) in [6.07, 6.45) is 2.26. The molecule has 0 bridgehead atoms. The van der Waals surface area contributed by atoms with Crippen LogP contribution in [0.3, 0.4) is 0 Å². The van der Waals surface area contributed by atoms with Gasteiger partial charge >= 0.3 is 0 Å². The van der Waals surface area contributed by atoms with Crippen LogP contribution < -0.4 is 5.32 Å². The van der Waals surface area contributed by atoms with Crippen molar-refractivity contribution < 1.29 is 18.0 Å². The molecule has 1 N–H and O–H groups in total. The zero-order chi connectivity index (χ0) is 18.4. The average molecular weight is 377 g/mol. The molecule has 1 amide bonds. The number of aromatic nitrogens is 1. The number of anilines is 1. The highest BCUT2D eigenvalue weighted by molar-refractivity contribution is 6.31. The largest absolute Gasteiger partial charge is 0.319 e. The fraction of sp³-hybridized carbons (Fsp3) is 0.158. The minimum atomic E-state index is -1.63. The van der Waals surface area contributed by atoms with Gasteiger partial charge in [0.2, 0.25) is 0 Å². The van der Waals surface area contributed by atoms with Gasteiger partial charge in [-0.2, -0.15) is 0 Å². The molecule has 3 aromatic rings. The van der Waals surface area contributed by atoms with Crippen molar-refractivity contribution in [2.75, 3.05) is 5.32 Å². The van der Waals surface area contributed by atoms with Crippen LogP contribution in [-0.2, 0) is 12.8 Å². The van der Waals surface area contributed by atoms with Crippen LogP contribution in [0.5, 0.6) is 0 Å². The molecule has 0 aliphatic heterocycles. The Kier molecular flexibility index (Phi) is 4.07. The minimum absolute atomic E-state index is 0.342. The molecule has 1 heterocycles. The van der Waals surface area contributed by atoms with Crippen LogP contribution in [0, 0.1) is 17.5 Å². The molecule has 0 saturated heterocycles. The summed E-state index contributed by atoms with van der Waals surface area (Å²) in [5.74, 6) is -4.99. The summed E-state index contributed by atoms with van der Waals surface area (Å²) in [7, 11) is 0. The molecule has 7 heteroatoms. The van der Waals surface area contributed by atoms with Crippen LogP contribution in [0.2, 0.25) is 5.02 Å². The number of aryl methyl sites for hydroxylation is 1. The number of rotatable bonds is 2. The molecule has 0 fully saturated rings. The molecular formula is C19H12ClF3N2O. The maximum atomic E-state index is 13.9. The Morgan fingerprint density at radius 2 is 1.88 bits per heavy atom. The molecule has 1 aliphatic carbocycles. The summed E-state index contributed by atoms with van der Waals surface area (Å²) in [5.41, 5.74) is 2.11. The highest BCUT2D eigenvalue weighted by Crippen LogP contribution is 2.32. The number of halogens is 4. The predicted octanol–water partition coefficient (Wildman–Crippen LogP) is 5.05. The third kappa shape index (κ3) is 2.70. The molecule has 0 saturated carbocycles. The van der Waals surface area contributed by atoms with E-state index in [1.54, 1.807) is 18.2 Å². The summed E-state index contributed by atoms with van der Waals surface area (Å²) in [6.45, 7) is 0. The van der Waals surface area contributed by atoms with Gasteiger partial charge in [-0.3, -0.25) is 9.78 Å². The number of amides is 1. The monoisotopic (exact) mass is 376 g/mol. The maximum Gasteiger partial charge on any atom is 0.256 e. The van der Waals surface area contributed by atoms with E-state index in [-0.39, 0.29) is 0 Å². The molecule has 2 aromatic carbocycles. The number of hydrogen-bond donors (Lipinski definition) is 1. The molecule has 0 radical (unpaired) electrons. The molecule has 0 spiro atoms. The standard InChI is InChI=1S/C19H12ClF3N2O/c20-9-4-6-14-11(8-9)16(10-2-1-3-13(10)24-14)19(26)25-15-7-5-12(21)17(22)18(15)23/h4-8H,1-3H2,(H,25,26). The topological polar surface area (TPSA) is 42.0 Å². The van der Waals surface area contributed by atoms with E-state index in [9.17, 15) is 18.0 Å². The second-order valence-corrected chi connectivity index (χ2v) is 6.54. The number of pyridine rings is 1. The Morgan fingerprint density at radius 1 is 1.08 bits per heavy atom. The Balaban J connectivity index is 1.85. The SMILES string of the molecule is O=C(Nc1ccc(F)c(F)c1F)c1c2c(nc3ccc(Cl)cc13)CCC2. The molecule has 1 aliphatic rings. The van der Waals surface area contributed by atoms with E-state index in [4.69, 9.17) is 11.6 Å². The number of benzene rings is 2. The van der Waals surface area contributed by atoms with Crippen LogP contribution in [0.4, 0.5) is 18.9 Å². The first-order chi connectivity index (χ1) is 12.5. The molecule has 132 valence electrons. The molecule has 1 aromatic heterocycles. The van der Waals surface area contributed by atoms with Crippen molar-refractivity contribution in [3.8, 4) is 0 Å². The smallest absolute Gasteiger partial charge is 0.256 e. The number of hydrogen-bond acceptors (Lipinski definition) is 2. The van der Waals surface area contributed by atoms with Gasteiger partial charge in [-0.1, -0.05) is 11.6 Å². The first kappa shape index (κ1) is 16.8. The van der Waals surface area contributed by atoms with Gasteiger partial charge in [0.25, 0.3) is 5.91 Å².